The normalized spacial score (nSPS) is 13.2. The highest BCUT2D eigenvalue weighted by Gasteiger charge is 2.23. The van der Waals surface area contributed by atoms with Gasteiger partial charge in [-0.3, -0.25) is 9.59 Å². The molecule has 1 aliphatic rings. The Morgan fingerprint density at radius 1 is 0.787 bits per heavy atom. The van der Waals surface area contributed by atoms with Gasteiger partial charge in [-0.25, -0.2) is 4.79 Å². The maximum Gasteiger partial charge on any atom is 0.407 e. The van der Waals surface area contributed by atoms with E-state index in [2.05, 4.69) is 50.9 Å². The lowest BCUT2D eigenvalue weighted by atomic mass is 10.1. The number of aryl methyl sites for hydroxylation is 1. The molecule has 246 valence electrons. The van der Waals surface area contributed by atoms with Crippen molar-refractivity contribution in [2.75, 3.05) is 47.8 Å². The summed E-state index contributed by atoms with van der Waals surface area (Å²) >= 11 is 0. The summed E-state index contributed by atoms with van der Waals surface area (Å²) in [5, 5.41) is 8.72. The molecule has 0 radical (unpaired) electrons. The first kappa shape index (κ1) is 33.1. The Kier molecular flexibility index (Phi) is 10.5. The fourth-order valence-electron chi connectivity index (χ4n) is 5.49. The highest BCUT2D eigenvalue weighted by molar-refractivity contribution is 6.05. The van der Waals surface area contributed by atoms with Gasteiger partial charge in [0.1, 0.15) is 5.60 Å². The van der Waals surface area contributed by atoms with E-state index in [1.165, 1.54) is 17.5 Å². The molecular formula is C37H43N5O5. The zero-order valence-electron chi connectivity index (χ0n) is 27.5. The van der Waals surface area contributed by atoms with Crippen LogP contribution >= 0.6 is 0 Å². The maximum absolute atomic E-state index is 13.2. The van der Waals surface area contributed by atoms with Crippen molar-refractivity contribution in [1.82, 2.24) is 10.6 Å². The molecule has 2 heterocycles. The second-order valence-electron chi connectivity index (χ2n) is 12.6. The number of alkyl carbamates (subject to hydrolysis) is 1. The number of carbonyl (C=O) groups is 3. The van der Waals surface area contributed by atoms with Crippen LogP contribution in [0.2, 0.25) is 0 Å². The lowest BCUT2D eigenvalue weighted by Crippen LogP contribution is -2.47. The number of anilines is 3. The molecule has 0 unspecified atom stereocenters. The van der Waals surface area contributed by atoms with Crippen molar-refractivity contribution in [3.63, 3.8) is 0 Å². The number of hydrogen-bond acceptors (Lipinski definition) is 7. The third kappa shape index (κ3) is 9.16. The van der Waals surface area contributed by atoms with E-state index in [1.54, 1.807) is 24.3 Å². The molecule has 4 aromatic rings. The summed E-state index contributed by atoms with van der Waals surface area (Å²) in [5.41, 5.74) is 5.79. The summed E-state index contributed by atoms with van der Waals surface area (Å²) in [6.45, 7) is 11.6. The molecule has 0 saturated carbocycles. The molecule has 1 aromatic heterocycles. The van der Waals surface area contributed by atoms with Crippen LogP contribution in [0.25, 0.3) is 0 Å². The van der Waals surface area contributed by atoms with E-state index < -0.39 is 11.7 Å². The second-order valence-corrected chi connectivity index (χ2v) is 12.6. The van der Waals surface area contributed by atoms with Gasteiger partial charge in [0, 0.05) is 50.5 Å². The summed E-state index contributed by atoms with van der Waals surface area (Å²) in [4.78, 5) is 42.7. The van der Waals surface area contributed by atoms with Gasteiger partial charge in [-0.15, -0.1) is 0 Å². The van der Waals surface area contributed by atoms with Crippen LogP contribution in [0, 0.1) is 6.92 Å². The van der Waals surface area contributed by atoms with Crippen LogP contribution in [0.15, 0.2) is 89.5 Å². The van der Waals surface area contributed by atoms with Crippen molar-refractivity contribution in [2.45, 2.75) is 46.3 Å². The number of ether oxygens (including phenoxy) is 1. The summed E-state index contributed by atoms with van der Waals surface area (Å²) in [6, 6.07) is 24.9. The lowest BCUT2D eigenvalue weighted by molar-refractivity contribution is 0.0523. The van der Waals surface area contributed by atoms with E-state index in [0.717, 1.165) is 43.0 Å². The molecule has 3 N–H and O–H groups in total. The Hall–Kier alpha value is -5.25. The Morgan fingerprint density at radius 3 is 2.13 bits per heavy atom. The Morgan fingerprint density at radius 2 is 1.47 bits per heavy atom. The van der Waals surface area contributed by atoms with Gasteiger partial charge in [0.05, 0.1) is 17.6 Å². The molecule has 5 rings (SSSR count). The van der Waals surface area contributed by atoms with Crippen LogP contribution in [-0.2, 0) is 17.7 Å². The van der Waals surface area contributed by atoms with Gasteiger partial charge in [-0.1, -0.05) is 42.5 Å². The number of furan rings is 1. The summed E-state index contributed by atoms with van der Waals surface area (Å²) < 4.78 is 10.6. The van der Waals surface area contributed by atoms with E-state index in [9.17, 15) is 14.4 Å². The average Bonchev–Trinajstić information content (AvgIpc) is 3.60. The van der Waals surface area contributed by atoms with Gasteiger partial charge < -0.3 is 34.9 Å². The standard InChI is InChI=1S/C37H43N5O5/c1-26-8-5-6-9-31(26)41-19-21-42(22-20-41)32-16-15-29(24-30(32)40-35(44)33-10-7-23-46-33)34(43)38-18-17-27-11-13-28(14-12-27)25-39-36(45)47-37(2,3)4/h5-16,23-24H,17-22,25H2,1-4H3,(H,38,43)(H,39,45)(H,40,44). The molecule has 1 aliphatic heterocycles. The molecule has 3 aromatic carbocycles. The van der Waals surface area contributed by atoms with E-state index in [4.69, 9.17) is 9.15 Å². The summed E-state index contributed by atoms with van der Waals surface area (Å²) in [5.74, 6) is -0.411. The zero-order chi connectivity index (χ0) is 33.4. The van der Waals surface area contributed by atoms with Crippen LogP contribution < -0.4 is 25.8 Å². The zero-order valence-corrected chi connectivity index (χ0v) is 27.5. The largest absolute Gasteiger partial charge is 0.459 e. The number of nitrogens with zero attached hydrogens (tertiary/aromatic N) is 2. The smallest absolute Gasteiger partial charge is 0.407 e. The number of hydrogen-bond donors (Lipinski definition) is 3. The maximum atomic E-state index is 13.2. The highest BCUT2D eigenvalue weighted by Crippen LogP contribution is 2.30. The van der Waals surface area contributed by atoms with Crippen LogP contribution in [0.3, 0.4) is 0 Å². The van der Waals surface area contributed by atoms with Crippen molar-refractivity contribution in [2.24, 2.45) is 0 Å². The van der Waals surface area contributed by atoms with Gasteiger partial charge in [-0.05, 0) is 87.2 Å². The number of para-hydroxylation sites is 1. The fourth-order valence-corrected chi connectivity index (χ4v) is 5.49. The third-order valence-corrected chi connectivity index (χ3v) is 7.89. The van der Waals surface area contributed by atoms with Crippen molar-refractivity contribution in [3.05, 3.63) is 113 Å². The number of benzene rings is 3. The predicted octanol–water partition coefficient (Wildman–Crippen LogP) is 6.16. The SMILES string of the molecule is Cc1ccccc1N1CCN(c2ccc(C(=O)NCCc3ccc(CNC(=O)OC(C)(C)C)cc3)cc2NC(=O)c2ccco2)CC1. The molecule has 1 fully saturated rings. The molecule has 10 nitrogen and oxygen atoms in total. The molecule has 0 bridgehead atoms. The molecular weight excluding hydrogens is 594 g/mol. The van der Waals surface area contributed by atoms with E-state index >= 15 is 0 Å². The lowest BCUT2D eigenvalue weighted by Gasteiger charge is -2.38. The minimum atomic E-state index is -0.548. The molecule has 0 aliphatic carbocycles. The van der Waals surface area contributed by atoms with Gasteiger partial charge >= 0.3 is 6.09 Å². The molecule has 3 amide bonds. The van der Waals surface area contributed by atoms with E-state index in [1.807, 2.05) is 57.2 Å². The van der Waals surface area contributed by atoms with Crippen LogP contribution in [0.5, 0.6) is 0 Å². The molecule has 47 heavy (non-hydrogen) atoms. The van der Waals surface area contributed by atoms with Crippen molar-refractivity contribution >= 4 is 35.0 Å². The molecule has 0 atom stereocenters. The molecule has 0 spiro atoms. The van der Waals surface area contributed by atoms with Crippen molar-refractivity contribution in [3.8, 4) is 0 Å². The minimum absolute atomic E-state index is 0.196. The first-order valence-electron chi connectivity index (χ1n) is 15.9. The van der Waals surface area contributed by atoms with Crippen molar-refractivity contribution in [1.29, 1.82) is 0 Å². The number of rotatable bonds is 10. The Bertz CT molecular complexity index is 1670. The minimum Gasteiger partial charge on any atom is -0.459 e. The number of piperazine rings is 1. The summed E-state index contributed by atoms with van der Waals surface area (Å²) in [6.07, 6.45) is 1.64. The highest BCUT2D eigenvalue weighted by atomic mass is 16.6. The van der Waals surface area contributed by atoms with Gasteiger partial charge in [0.15, 0.2) is 5.76 Å². The van der Waals surface area contributed by atoms with Gasteiger partial charge in [0.25, 0.3) is 11.8 Å². The molecule has 10 heteroatoms. The number of nitrogens with one attached hydrogen (secondary N) is 3. The van der Waals surface area contributed by atoms with Crippen molar-refractivity contribution < 1.29 is 23.5 Å². The predicted molar refractivity (Wildman–Crippen MR) is 184 cm³/mol. The van der Waals surface area contributed by atoms with Gasteiger partial charge in [-0.2, -0.15) is 0 Å². The summed E-state index contributed by atoms with van der Waals surface area (Å²) in [7, 11) is 0. The first-order valence-corrected chi connectivity index (χ1v) is 15.9. The van der Waals surface area contributed by atoms with Crippen LogP contribution in [0.1, 0.15) is 58.4 Å². The topological polar surface area (TPSA) is 116 Å². The van der Waals surface area contributed by atoms with E-state index in [-0.39, 0.29) is 17.6 Å². The second kappa shape index (κ2) is 14.9. The van der Waals surface area contributed by atoms with Crippen LogP contribution in [0.4, 0.5) is 21.9 Å². The van der Waals surface area contributed by atoms with Crippen LogP contribution in [-0.4, -0.2) is 56.2 Å². The monoisotopic (exact) mass is 637 g/mol. The Balaban J connectivity index is 1.20. The third-order valence-electron chi connectivity index (χ3n) is 7.89. The number of carbonyl (C=O) groups excluding carboxylic acids is 3. The van der Waals surface area contributed by atoms with Gasteiger partial charge in [0.2, 0.25) is 0 Å². The fraction of sp³-hybridized carbons (Fsp3) is 0.324. The number of amides is 3. The Labute approximate surface area is 276 Å². The molecule has 1 saturated heterocycles. The van der Waals surface area contributed by atoms with E-state index in [0.29, 0.717) is 30.8 Å². The average molecular weight is 638 g/mol. The first-order chi connectivity index (χ1) is 22.6. The quantitative estimate of drug-likeness (QED) is 0.191.